The van der Waals surface area contributed by atoms with Crippen molar-refractivity contribution in [3.63, 3.8) is 0 Å². The molecule has 0 saturated carbocycles. The lowest BCUT2D eigenvalue weighted by Gasteiger charge is -2.13. The molecular weight excluding hydrogens is 244 g/mol. The fourth-order valence-electron chi connectivity index (χ4n) is 1.60. The van der Waals surface area contributed by atoms with E-state index in [1.54, 1.807) is 11.3 Å². The van der Waals surface area contributed by atoms with Gasteiger partial charge in [0.1, 0.15) is 5.82 Å². The van der Waals surface area contributed by atoms with Crippen LogP contribution >= 0.6 is 11.3 Å². The predicted octanol–water partition coefficient (Wildman–Crippen LogP) is 2.46. The molecule has 0 aliphatic heterocycles. The minimum absolute atomic E-state index is 0.141. The molecule has 0 amide bonds. The Morgan fingerprint density at radius 1 is 1.33 bits per heavy atom. The number of rotatable bonds is 4. The van der Waals surface area contributed by atoms with Crippen LogP contribution in [-0.2, 0) is 25.6 Å². The summed E-state index contributed by atoms with van der Waals surface area (Å²) in [6.07, 6.45) is 3.77. The van der Waals surface area contributed by atoms with Gasteiger partial charge < -0.3 is 9.88 Å². The summed E-state index contributed by atoms with van der Waals surface area (Å²) >= 11 is 1.74. The van der Waals surface area contributed by atoms with Crippen molar-refractivity contribution in [3.8, 4) is 0 Å². The highest BCUT2D eigenvalue weighted by molar-refractivity contribution is 7.09. The Morgan fingerprint density at radius 3 is 2.67 bits per heavy atom. The van der Waals surface area contributed by atoms with Crippen molar-refractivity contribution in [1.82, 2.24) is 19.9 Å². The van der Waals surface area contributed by atoms with Crippen LogP contribution in [0.2, 0.25) is 0 Å². The fourth-order valence-corrected chi connectivity index (χ4v) is 2.51. The average molecular weight is 264 g/mol. The topological polar surface area (TPSA) is 42.7 Å². The van der Waals surface area contributed by atoms with E-state index in [-0.39, 0.29) is 5.41 Å². The van der Waals surface area contributed by atoms with Gasteiger partial charge in [0.15, 0.2) is 0 Å². The monoisotopic (exact) mass is 264 g/mol. The normalized spacial score (nSPS) is 12.0. The number of hydrogen-bond acceptors (Lipinski definition) is 4. The zero-order valence-electron chi connectivity index (χ0n) is 11.4. The van der Waals surface area contributed by atoms with Crippen molar-refractivity contribution < 1.29 is 0 Å². The summed E-state index contributed by atoms with van der Waals surface area (Å²) in [7, 11) is 2.00. The highest BCUT2D eigenvalue weighted by Gasteiger charge is 2.17. The van der Waals surface area contributed by atoms with Crippen molar-refractivity contribution in [2.45, 2.75) is 39.3 Å². The van der Waals surface area contributed by atoms with E-state index in [0.29, 0.717) is 0 Å². The number of nitrogens with zero attached hydrogens (tertiary/aromatic N) is 3. The predicted molar refractivity (Wildman–Crippen MR) is 74.6 cm³/mol. The highest BCUT2D eigenvalue weighted by Crippen LogP contribution is 2.25. The van der Waals surface area contributed by atoms with E-state index < -0.39 is 0 Å². The number of thiazole rings is 1. The first kappa shape index (κ1) is 13.2. The molecule has 0 aromatic carbocycles. The van der Waals surface area contributed by atoms with Gasteiger partial charge in [0, 0.05) is 36.8 Å². The van der Waals surface area contributed by atoms with Crippen molar-refractivity contribution in [2.24, 2.45) is 7.05 Å². The van der Waals surface area contributed by atoms with Crippen molar-refractivity contribution in [3.05, 3.63) is 34.3 Å². The maximum Gasteiger partial charge on any atom is 0.122 e. The molecule has 0 aliphatic rings. The van der Waals surface area contributed by atoms with Gasteiger partial charge >= 0.3 is 0 Å². The lowest BCUT2D eigenvalue weighted by atomic mass is 9.98. The van der Waals surface area contributed by atoms with E-state index >= 15 is 0 Å². The molecule has 0 atom stereocenters. The van der Waals surface area contributed by atoms with Gasteiger partial charge in [-0.15, -0.1) is 11.3 Å². The van der Waals surface area contributed by atoms with Gasteiger partial charge in [-0.25, -0.2) is 9.97 Å². The van der Waals surface area contributed by atoms with Crippen LogP contribution in [0.3, 0.4) is 0 Å². The minimum atomic E-state index is 0.141. The van der Waals surface area contributed by atoms with Crippen LogP contribution in [0.25, 0.3) is 0 Å². The smallest absolute Gasteiger partial charge is 0.122 e. The standard InChI is InChI=1S/C13H20N4S/c1-13(2,3)12-16-10(9-18-12)7-14-8-11-15-5-6-17(11)4/h5-6,9,14H,7-8H2,1-4H3. The summed E-state index contributed by atoms with van der Waals surface area (Å²) in [4.78, 5) is 8.93. The minimum Gasteiger partial charge on any atom is -0.337 e. The molecule has 0 aliphatic carbocycles. The van der Waals surface area contributed by atoms with Crippen molar-refractivity contribution in [1.29, 1.82) is 0 Å². The molecule has 0 bridgehead atoms. The van der Waals surface area contributed by atoms with Crippen LogP contribution < -0.4 is 5.32 Å². The third-order valence-corrected chi connectivity index (χ3v) is 4.02. The molecule has 2 aromatic rings. The Balaban J connectivity index is 1.88. The maximum atomic E-state index is 4.65. The molecule has 0 radical (unpaired) electrons. The zero-order chi connectivity index (χ0) is 13.2. The molecule has 98 valence electrons. The molecule has 2 rings (SSSR count). The number of aryl methyl sites for hydroxylation is 1. The second kappa shape index (κ2) is 5.20. The molecule has 18 heavy (non-hydrogen) atoms. The Hall–Kier alpha value is -1.20. The van der Waals surface area contributed by atoms with Crippen molar-refractivity contribution in [2.75, 3.05) is 0 Å². The molecule has 0 spiro atoms. The molecular formula is C13H20N4S. The lowest BCUT2D eigenvalue weighted by Crippen LogP contribution is -2.16. The third kappa shape index (κ3) is 3.17. The molecule has 0 unspecified atom stereocenters. The lowest BCUT2D eigenvalue weighted by molar-refractivity contribution is 0.577. The SMILES string of the molecule is Cn1ccnc1CNCc1csc(C(C)(C)C)n1. The second-order valence-corrected chi connectivity index (χ2v) is 6.31. The van der Waals surface area contributed by atoms with Crippen molar-refractivity contribution >= 4 is 11.3 Å². The number of imidazole rings is 1. The van der Waals surface area contributed by atoms with Crippen LogP contribution in [0.1, 0.15) is 37.3 Å². The Labute approximate surface area is 112 Å². The van der Waals surface area contributed by atoms with Gasteiger partial charge in [-0.3, -0.25) is 0 Å². The summed E-state index contributed by atoms with van der Waals surface area (Å²) in [6, 6.07) is 0. The first-order valence-corrected chi connectivity index (χ1v) is 6.96. The van der Waals surface area contributed by atoms with Crippen LogP contribution in [-0.4, -0.2) is 14.5 Å². The summed E-state index contributed by atoms with van der Waals surface area (Å²) in [5.41, 5.74) is 1.25. The van der Waals surface area contributed by atoms with E-state index in [9.17, 15) is 0 Å². The maximum absolute atomic E-state index is 4.65. The van der Waals surface area contributed by atoms with Gasteiger partial charge in [0.05, 0.1) is 17.2 Å². The number of aromatic nitrogens is 3. The third-order valence-electron chi connectivity index (χ3n) is 2.70. The average Bonchev–Trinajstić information content (AvgIpc) is 2.88. The Bertz CT molecular complexity index is 507. The van der Waals surface area contributed by atoms with Crippen LogP contribution in [0.15, 0.2) is 17.8 Å². The molecule has 4 nitrogen and oxygen atoms in total. The van der Waals surface area contributed by atoms with Gasteiger partial charge in [-0.05, 0) is 0 Å². The molecule has 2 heterocycles. The number of nitrogens with one attached hydrogen (secondary N) is 1. The number of hydrogen-bond donors (Lipinski definition) is 1. The first-order chi connectivity index (χ1) is 8.47. The van der Waals surface area contributed by atoms with Gasteiger partial charge in [-0.2, -0.15) is 0 Å². The van der Waals surface area contributed by atoms with E-state index in [4.69, 9.17) is 0 Å². The van der Waals surface area contributed by atoms with E-state index in [0.717, 1.165) is 24.6 Å². The quantitative estimate of drug-likeness (QED) is 0.922. The largest absolute Gasteiger partial charge is 0.337 e. The van der Waals surface area contributed by atoms with Crippen LogP contribution in [0.4, 0.5) is 0 Å². The first-order valence-electron chi connectivity index (χ1n) is 6.08. The van der Waals surface area contributed by atoms with Gasteiger partial charge in [-0.1, -0.05) is 20.8 Å². The molecule has 0 fully saturated rings. The fraction of sp³-hybridized carbons (Fsp3) is 0.538. The van der Waals surface area contributed by atoms with E-state index in [1.807, 2.05) is 24.0 Å². The Kier molecular flexibility index (Phi) is 3.82. The summed E-state index contributed by atoms with van der Waals surface area (Å²) < 4.78 is 2.02. The highest BCUT2D eigenvalue weighted by atomic mass is 32.1. The summed E-state index contributed by atoms with van der Waals surface area (Å²) in [5, 5.41) is 6.69. The van der Waals surface area contributed by atoms with Crippen LogP contribution in [0, 0.1) is 0 Å². The Morgan fingerprint density at radius 2 is 2.11 bits per heavy atom. The van der Waals surface area contributed by atoms with E-state index in [2.05, 4.69) is 41.4 Å². The second-order valence-electron chi connectivity index (χ2n) is 5.45. The van der Waals surface area contributed by atoms with Crippen LogP contribution in [0.5, 0.6) is 0 Å². The van der Waals surface area contributed by atoms with Gasteiger partial charge in [0.25, 0.3) is 0 Å². The molecule has 1 N–H and O–H groups in total. The van der Waals surface area contributed by atoms with E-state index in [1.165, 1.54) is 5.01 Å². The zero-order valence-corrected chi connectivity index (χ0v) is 12.2. The molecule has 2 aromatic heterocycles. The molecule has 5 heteroatoms. The van der Waals surface area contributed by atoms with Gasteiger partial charge in [0.2, 0.25) is 0 Å². The molecule has 0 saturated heterocycles. The summed E-state index contributed by atoms with van der Waals surface area (Å²) in [5.74, 6) is 1.04. The summed E-state index contributed by atoms with van der Waals surface area (Å²) in [6.45, 7) is 8.14.